The van der Waals surface area contributed by atoms with Crippen LogP contribution in [0.25, 0.3) is 10.9 Å². The van der Waals surface area contributed by atoms with E-state index in [1.54, 1.807) is 0 Å². The van der Waals surface area contributed by atoms with Crippen molar-refractivity contribution in [2.45, 2.75) is 19.9 Å². The van der Waals surface area contributed by atoms with Crippen molar-refractivity contribution in [2.75, 3.05) is 0 Å². The van der Waals surface area contributed by atoms with E-state index in [9.17, 15) is 4.79 Å². The van der Waals surface area contributed by atoms with Crippen LogP contribution in [0.4, 0.5) is 0 Å². The predicted molar refractivity (Wildman–Crippen MR) is 112 cm³/mol. The molecule has 1 atom stereocenters. The Bertz CT molecular complexity index is 1120. The predicted octanol–water partition coefficient (Wildman–Crippen LogP) is 5.76. The maximum atomic E-state index is 12.6. The molecule has 3 aromatic carbocycles. The minimum absolute atomic E-state index is 0.0691. The maximum Gasteiger partial charge on any atom is 0.268 e. The smallest absolute Gasteiger partial charge is 0.268 e. The van der Waals surface area contributed by atoms with Gasteiger partial charge >= 0.3 is 0 Å². The second kappa shape index (κ2) is 7.61. The molecule has 28 heavy (non-hydrogen) atoms. The monoisotopic (exact) mass is 370 g/mol. The van der Waals surface area contributed by atoms with E-state index in [0.29, 0.717) is 5.69 Å². The molecule has 0 aliphatic heterocycles. The van der Waals surface area contributed by atoms with Gasteiger partial charge in [-0.05, 0) is 61.4 Å². The van der Waals surface area contributed by atoms with Gasteiger partial charge in [-0.1, -0.05) is 42.5 Å². The van der Waals surface area contributed by atoms with Gasteiger partial charge in [0.2, 0.25) is 0 Å². The third-order valence-electron chi connectivity index (χ3n) is 4.71. The summed E-state index contributed by atoms with van der Waals surface area (Å²) >= 11 is 0. The summed E-state index contributed by atoms with van der Waals surface area (Å²) in [7, 11) is 0. The van der Waals surface area contributed by atoms with Gasteiger partial charge in [0.15, 0.2) is 0 Å². The molecule has 4 aromatic rings. The molecule has 2 N–H and O–H groups in total. The van der Waals surface area contributed by atoms with Crippen LogP contribution in [-0.2, 0) is 0 Å². The van der Waals surface area contributed by atoms with Gasteiger partial charge in [0, 0.05) is 10.9 Å². The number of carbonyl (C=O) groups is 1. The van der Waals surface area contributed by atoms with Gasteiger partial charge < -0.3 is 15.0 Å². The maximum absolute atomic E-state index is 12.6. The summed E-state index contributed by atoms with van der Waals surface area (Å²) in [5.41, 5.74) is 3.65. The molecule has 140 valence electrons. The average Bonchev–Trinajstić information content (AvgIpc) is 3.12. The van der Waals surface area contributed by atoms with Crippen molar-refractivity contribution in [2.24, 2.45) is 0 Å². The Kier molecular flexibility index (Phi) is 4.85. The first-order valence-electron chi connectivity index (χ1n) is 9.31. The molecular formula is C24H22N2O2. The van der Waals surface area contributed by atoms with Crippen LogP contribution in [-0.4, -0.2) is 10.9 Å². The van der Waals surface area contributed by atoms with Gasteiger partial charge in [0.25, 0.3) is 5.91 Å². The van der Waals surface area contributed by atoms with Crippen molar-refractivity contribution >= 4 is 16.8 Å². The minimum Gasteiger partial charge on any atom is -0.457 e. The second-order valence-electron chi connectivity index (χ2n) is 6.96. The molecule has 0 spiro atoms. The third-order valence-corrected chi connectivity index (χ3v) is 4.71. The average molecular weight is 370 g/mol. The zero-order valence-corrected chi connectivity index (χ0v) is 15.9. The number of fused-ring (bicyclic) bond motifs is 1. The van der Waals surface area contributed by atoms with Crippen LogP contribution in [0.2, 0.25) is 0 Å². The summed E-state index contributed by atoms with van der Waals surface area (Å²) in [6, 6.07) is 25.4. The number of aromatic amines is 1. The molecule has 4 rings (SSSR count). The number of nitrogens with one attached hydrogen (secondary N) is 2. The van der Waals surface area contributed by atoms with E-state index in [0.717, 1.165) is 33.5 Å². The summed E-state index contributed by atoms with van der Waals surface area (Å²) in [6.45, 7) is 4.01. The van der Waals surface area contributed by atoms with Gasteiger partial charge in [0.05, 0.1) is 6.04 Å². The molecule has 1 aromatic heterocycles. The number of amides is 1. The Morgan fingerprint density at radius 3 is 2.50 bits per heavy atom. The third kappa shape index (κ3) is 3.91. The van der Waals surface area contributed by atoms with Crippen molar-refractivity contribution < 1.29 is 9.53 Å². The molecule has 0 saturated heterocycles. The van der Waals surface area contributed by atoms with Crippen LogP contribution < -0.4 is 10.1 Å². The zero-order valence-electron chi connectivity index (χ0n) is 15.9. The van der Waals surface area contributed by atoms with E-state index in [1.165, 1.54) is 0 Å². The van der Waals surface area contributed by atoms with E-state index < -0.39 is 0 Å². The molecule has 0 aliphatic rings. The van der Waals surface area contributed by atoms with E-state index in [2.05, 4.69) is 10.3 Å². The Morgan fingerprint density at radius 2 is 1.71 bits per heavy atom. The Labute approximate surface area is 164 Å². The molecule has 0 bridgehead atoms. The molecule has 1 heterocycles. The lowest BCUT2D eigenvalue weighted by molar-refractivity contribution is 0.0935. The number of carbonyl (C=O) groups excluding carboxylic acids is 1. The van der Waals surface area contributed by atoms with Crippen LogP contribution in [0.15, 0.2) is 78.9 Å². The number of benzene rings is 3. The zero-order chi connectivity index (χ0) is 19.5. The molecule has 1 amide bonds. The van der Waals surface area contributed by atoms with Gasteiger partial charge in [0.1, 0.15) is 17.2 Å². The SMILES string of the molecule is Cc1cccc(Oc2ccc3[nH]c(C(=O)N[C@H](C)c4ccccc4)cc3c2)c1. The van der Waals surface area contributed by atoms with Gasteiger partial charge in [-0.2, -0.15) is 0 Å². The number of rotatable bonds is 5. The summed E-state index contributed by atoms with van der Waals surface area (Å²) < 4.78 is 5.94. The van der Waals surface area contributed by atoms with Crippen molar-refractivity contribution in [1.29, 1.82) is 0 Å². The van der Waals surface area contributed by atoms with Crippen LogP contribution in [0.1, 0.15) is 34.6 Å². The summed E-state index contributed by atoms with van der Waals surface area (Å²) in [6.07, 6.45) is 0. The highest BCUT2D eigenvalue weighted by Gasteiger charge is 2.14. The first kappa shape index (κ1) is 17.9. The quantitative estimate of drug-likeness (QED) is 0.469. The summed E-state index contributed by atoms with van der Waals surface area (Å²) in [5, 5.41) is 3.97. The first-order valence-corrected chi connectivity index (χ1v) is 9.31. The fourth-order valence-corrected chi connectivity index (χ4v) is 3.21. The van der Waals surface area contributed by atoms with Gasteiger partial charge in [-0.15, -0.1) is 0 Å². The van der Waals surface area contributed by atoms with Crippen molar-refractivity contribution in [3.05, 3.63) is 95.7 Å². The van der Waals surface area contributed by atoms with E-state index in [4.69, 9.17) is 4.74 Å². The number of H-pyrrole nitrogens is 1. The first-order chi connectivity index (χ1) is 13.6. The number of ether oxygens (including phenoxy) is 1. The Hall–Kier alpha value is -3.53. The molecule has 0 fully saturated rings. The Balaban J connectivity index is 1.52. The normalized spacial score (nSPS) is 11.9. The van der Waals surface area contributed by atoms with Crippen LogP contribution in [0.3, 0.4) is 0 Å². The number of hydrogen-bond donors (Lipinski definition) is 2. The molecule has 4 heteroatoms. The topological polar surface area (TPSA) is 54.1 Å². The highest BCUT2D eigenvalue weighted by Crippen LogP contribution is 2.27. The fourth-order valence-electron chi connectivity index (χ4n) is 3.21. The van der Waals surface area contributed by atoms with Crippen molar-refractivity contribution in [1.82, 2.24) is 10.3 Å². The molecule has 0 saturated carbocycles. The lowest BCUT2D eigenvalue weighted by Gasteiger charge is -2.13. The fraction of sp³-hybridized carbons (Fsp3) is 0.125. The van der Waals surface area contributed by atoms with Gasteiger partial charge in [-0.25, -0.2) is 0 Å². The van der Waals surface area contributed by atoms with E-state index in [-0.39, 0.29) is 11.9 Å². The highest BCUT2D eigenvalue weighted by molar-refractivity contribution is 5.98. The van der Waals surface area contributed by atoms with Crippen LogP contribution in [0.5, 0.6) is 11.5 Å². The van der Waals surface area contributed by atoms with E-state index in [1.807, 2.05) is 92.7 Å². The number of aromatic nitrogens is 1. The standard InChI is InChI=1S/C24H22N2O2/c1-16-7-6-10-20(13-16)28-21-11-12-22-19(14-21)15-23(26-22)24(27)25-17(2)18-8-4-3-5-9-18/h3-15,17,26H,1-2H3,(H,25,27)/t17-/m1/s1. The lowest BCUT2D eigenvalue weighted by atomic mass is 10.1. The lowest BCUT2D eigenvalue weighted by Crippen LogP contribution is -2.26. The molecule has 0 radical (unpaired) electrons. The van der Waals surface area contributed by atoms with Crippen LogP contribution in [0, 0.1) is 6.92 Å². The minimum atomic E-state index is -0.131. The van der Waals surface area contributed by atoms with Crippen molar-refractivity contribution in [3.8, 4) is 11.5 Å². The number of aryl methyl sites for hydroxylation is 1. The Morgan fingerprint density at radius 1 is 0.929 bits per heavy atom. The number of hydrogen-bond acceptors (Lipinski definition) is 2. The summed E-state index contributed by atoms with van der Waals surface area (Å²) in [5.74, 6) is 1.40. The van der Waals surface area contributed by atoms with Crippen LogP contribution >= 0.6 is 0 Å². The van der Waals surface area contributed by atoms with Gasteiger partial charge in [-0.3, -0.25) is 4.79 Å². The molecule has 0 aliphatic carbocycles. The molecular weight excluding hydrogens is 348 g/mol. The highest BCUT2D eigenvalue weighted by atomic mass is 16.5. The largest absolute Gasteiger partial charge is 0.457 e. The second-order valence-corrected chi connectivity index (χ2v) is 6.96. The summed E-state index contributed by atoms with van der Waals surface area (Å²) in [4.78, 5) is 15.8. The van der Waals surface area contributed by atoms with Crippen molar-refractivity contribution in [3.63, 3.8) is 0 Å². The molecule has 4 nitrogen and oxygen atoms in total. The van der Waals surface area contributed by atoms with E-state index >= 15 is 0 Å². The molecule has 0 unspecified atom stereocenters.